The lowest BCUT2D eigenvalue weighted by atomic mass is 10.1. The average Bonchev–Trinajstić information content (AvgIpc) is 2.63. The molecule has 0 atom stereocenters. The zero-order chi connectivity index (χ0) is 18.4. The van der Waals surface area contributed by atoms with E-state index in [1.54, 1.807) is 6.07 Å². The monoisotopic (exact) mass is 348 g/mol. The van der Waals surface area contributed by atoms with Crippen molar-refractivity contribution in [2.24, 2.45) is 0 Å². The lowest BCUT2D eigenvalue weighted by Crippen LogP contribution is -2.19. The summed E-state index contributed by atoms with van der Waals surface area (Å²) in [7, 11) is 0. The summed E-state index contributed by atoms with van der Waals surface area (Å²) in [6.45, 7) is 4.43. The van der Waals surface area contributed by atoms with Gasteiger partial charge >= 0.3 is 6.03 Å². The largest absolute Gasteiger partial charge is 0.477 e. The number of aromatic nitrogens is 2. The maximum absolute atomic E-state index is 12.1. The number of ether oxygens (including phenoxy) is 1. The average molecular weight is 348 g/mol. The van der Waals surface area contributed by atoms with Gasteiger partial charge in [0.1, 0.15) is 0 Å². The summed E-state index contributed by atoms with van der Waals surface area (Å²) in [6, 6.07) is 18.4. The van der Waals surface area contributed by atoms with Gasteiger partial charge in [-0.3, -0.25) is 0 Å². The summed E-state index contributed by atoms with van der Waals surface area (Å²) in [4.78, 5) is 12.1. The smallest absolute Gasteiger partial charge is 0.323 e. The molecule has 0 spiro atoms. The van der Waals surface area contributed by atoms with Crippen LogP contribution >= 0.6 is 0 Å². The van der Waals surface area contributed by atoms with Gasteiger partial charge in [-0.15, -0.1) is 10.2 Å². The van der Waals surface area contributed by atoms with Crippen LogP contribution in [-0.2, 0) is 0 Å². The Labute approximate surface area is 152 Å². The van der Waals surface area contributed by atoms with Gasteiger partial charge in [0.05, 0.1) is 12.3 Å². The van der Waals surface area contributed by atoms with E-state index in [2.05, 4.69) is 20.8 Å². The molecule has 0 aliphatic heterocycles. The molecule has 0 aliphatic rings. The molecule has 1 aromatic heterocycles. The SMILES string of the molecule is CCOc1ccc(-c2ccc(NC(=O)Nc3cccc(C)c3)cc2)nn1. The lowest BCUT2D eigenvalue weighted by Gasteiger charge is -2.09. The van der Waals surface area contributed by atoms with Gasteiger partial charge in [-0.05, 0) is 49.7 Å². The van der Waals surface area contributed by atoms with Gasteiger partial charge in [-0.2, -0.15) is 0 Å². The van der Waals surface area contributed by atoms with Crippen molar-refractivity contribution in [2.45, 2.75) is 13.8 Å². The van der Waals surface area contributed by atoms with Crippen LogP contribution in [0.2, 0.25) is 0 Å². The maximum atomic E-state index is 12.1. The third-order valence-electron chi connectivity index (χ3n) is 3.65. The quantitative estimate of drug-likeness (QED) is 0.712. The number of nitrogens with zero attached hydrogens (tertiary/aromatic N) is 2. The minimum absolute atomic E-state index is 0.288. The molecule has 0 saturated heterocycles. The highest BCUT2D eigenvalue weighted by molar-refractivity contribution is 5.99. The third kappa shape index (κ3) is 4.57. The van der Waals surface area contributed by atoms with Gasteiger partial charge in [-0.25, -0.2) is 4.79 Å². The number of rotatable bonds is 5. The summed E-state index contributed by atoms with van der Waals surface area (Å²) < 4.78 is 5.29. The molecule has 0 radical (unpaired) electrons. The van der Waals surface area contributed by atoms with Crippen molar-refractivity contribution in [1.82, 2.24) is 10.2 Å². The zero-order valence-corrected chi connectivity index (χ0v) is 14.7. The van der Waals surface area contributed by atoms with Gasteiger partial charge in [0.25, 0.3) is 0 Å². The highest BCUT2D eigenvalue weighted by atomic mass is 16.5. The van der Waals surface area contributed by atoms with E-state index in [9.17, 15) is 4.79 Å². The van der Waals surface area contributed by atoms with Crippen molar-refractivity contribution in [3.05, 3.63) is 66.2 Å². The summed E-state index contributed by atoms with van der Waals surface area (Å²) in [5, 5.41) is 13.8. The van der Waals surface area contributed by atoms with E-state index in [1.807, 2.05) is 68.4 Å². The van der Waals surface area contributed by atoms with Gasteiger partial charge in [0.15, 0.2) is 0 Å². The highest BCUT2D eigenvalue weighted by Crippen LogP contribution is 2.20. The number of amides is 2. The van der Waals surface area contributed by atoms with Crippen molar-refractivity contribution < 1.29 is 9.53 Å². The van der Waals surface area contributed by atoms with Crippen molar-refractivity contribution in [3.8, 4) is 17.1 Å². The molecule has 6 nitrogen and oxygen atoms in total. The fourth-order valence-corrected chi connectivity index (χ4v) is 2.44. The number of hydrogen-bond acceptors (Lipinski definition) is 4. The van der Waals surface area contributed by atoms with Crippen LogP contribution in [0.25, 0.3) is 11.3 Å². The molecule has 26 heavy (non-hydrogen) atoms. The van der Waals surface area contributed by atoms with Crippen LogP contribution < -0.4 is 15.4 Å². The van der Waals surface area contributed by atoms with Crippen molar-refractivity contribution in [2.75, 3.05) is 17.2 Å². The number of anilines is 2. The number of hydrogen-bond donors (Lipinski definition) is 2. The normalized spacial score (nSPS) is 10.2. The fourth-order valence-electron chi connectivity index (χ4n) is 2.44. The van der Waals surface area contributed by atoms with E-state index in [0.717, 1.165) is 22.5 Å². The Kier molecular flexibility index (Phi) is 5.43. The second kappa shape index (κ2) is 8.11. The van der Waals surface area contributed by atoms with Crippen LogP contribution in [0.5, 0.6) is 5.88 Å². The number of aryl methyl sites for hydroxylation is 1. The standard InChI is InChI=1S/C20H20N4O2/c1-3-26-19-12-11-18(23-24-19)15-7-9-16(10-8-15)21-20(25)22-17-6-4-5-14(2)13-17/h4-13H,3H2,1-2H3,(H2,21,22,25). The Hall–Kier alpha value is -3.41. The molecular formula is C20H20N4O2. The number of carbonyl (C=O) groups excluding carboxylic acids is 1. The molecule has 6 heteroatoms. The first-order chi connectivity index (χ1) is 12.6. The van der Waals surface area contributed by atoms with Crippen LogP contribution in [0, 0.1) is 6.92 Å². The van der Waals surface area contributed by atoms with Crippen LogP contribution in [-0.4, -0.2) is 22.8 Å². The Bertz CT molecular complexity index is 877. The number of carbonyl (C=O) groups is 1. The van der Waals surface area contributed by atoms with Crippen molar-refractivity contribution >= 4 is 17.4 Å². The summed E-state index contributed by atoms with van der Waals surface area (Å²) in [5.41, 5.74) is 4.18. The number of benzene rings is 2. The predicted octanol–water partition coefficient (Wildman–Crippen LogP) is 4.49. The fraction of sp³-hybridized carbons (Fsp3) is 0.150. The molecule has 0 aliphatic carbocycles. The second-order valence-corrected chi connectivity index (χ2v) is 5.72. The van der Waals surface area contributed by atoms with Crippen LogP contribution in [0.3, 0.4) is 0 Å². The van der Waals surface area contributed by atoms with Gasteiger partial charge in [0, 0.05) is 23.0 Å². The molecule has 0 bridgehead atoms. The first-order valence-corrected chi connectivity index (χ1v) is 8.35. The molecule has 0 saturated carbocycles. The zero-order valence-electron chi connectivity index (χ0n) is 14.7. The first-order valence-electron chi connectivity index (χ1n) is 8.35. The summed E-state index contributed by atoms with van der Waals surface area (Å²) >= 11 is 0. The summed E-state index contributed by atoms with van der Waals surface area (Å²) in [5.74, 6) is 0.502. The molecule has 2 N–H and O–H groups in total. The van der Waals surface area contributed by atoms with E-state index in [1.165, 1.54) is 0 Å². The van der Waals surface area contributed by atoms with E-state index < -0.39 is 0 Å². The van der Waals surface area contributed by atoms with Crippen molar-refractivity contribution in [1.29, 1.82) is 0 Å². The minimum atomic E-state index is -0.288. The van der Waals surface area contributed by atoms with Crippen LogP contribution in [0.4, 0.5) is 16.2 Å². The molecule has 2 amide bonds. The Morgan fingerprint density at radius 3 is 2.38 bits per heavy atom. The Morgan fingerprint density at radius 1 is 0.962 bits per heavy atom. The maximum Gasteiger partial charge on any atom is 0.323 e. The minimum Gasteiger partial charge on any atom is -0.477 e. The van der Waals surface area contributed by atoms with E-state index in [-0.39, 0.29) is 6.03 Å². The van der Waals surface area contributed by atoms with Gasteiger partial charge < -0.3 is 15.4 Å². The topological polar surface area (TPSA) is 76.1 Å². The number of urea groups is 1. The summed E-state index contributed by atoms with van der Waals surface area (Å²) in [6.07, 6.45) is 0. The van der Waals surface area contributed by atoms with Gasteiger partial charge in [0.2, 0.25) is 5.88 Å². The Morgan fingerprint density at radius 2 is 1.73 bits per heavy atom. The molecule has 3 aromatic rings. The molecule has 0 fully saturated rings. The molecule has 0 unspecified atom stereocenters. The van der Waals surface area contributed by atoms with E-state index >= 15 is 0 Å². The molecular weight excluding hydrogens is 328 g/mol. The lowest BCUT2D eigenvalue weighted by molar-refractivity contribution is 0.262. The second-order valence-electron chi connectivity index (χ2n) is 5.72. The van der Waals surface area contributed by atoms with E-state index in [4.69, 9.17) is 4.74 Å². The van der Waals surface area contributed by atoms with Crippen molar-refractivity contribution in [3.63, 3.8) is 0 Å². The van der Waals surface area contributed by atoms with Crippen LogP contribution in [0.15, 0.2) is 60.7 Å². The molecule has 132 valence electrons. The van der Waals surface area contributed by atoms with Gasteiger partial charge in [-0.1, -0.05) is 24.3 Å². The first kappa shape index (κ1) is 17.4. The molecule has 2 aromatic carbocycles. The third-order valence-corrected chi connectivity index (χ3v) is 3.65. The number of nitrogens with one attached hydrogen (secondary N) is 2. The highest BCUT2D eigenvalue weighted by Gasteiger charge is 2.05. The van der Waals surface area contributed by atoms with Crippen LogP contribution in [0.1, 0.15) is 12.5 Å². The predicted molar refractivity (Wildman–Crippen MR) is 102 cm³/mol. The van der Waals surface area contributed by atoms with E-state index in [0.29, 0.717) is 18.2 Å². The molecule has 1 heterocycles. The Balaban J connectivity index is 1.62. The molecule has 3 rings (SSSR count).